The maximum absolute atomic E-state index is 12.5. The number of carbonyl (C=O) groups excluding carboxylic acids is 1. The van der Waals surface area contributed by atoms with Gasteiger partial charge in [-0.15, -0.1) is 0 Å². The second-order valence-corrected chi connectivity index (χ2v) is 5.87. The van der Waals surface area contributed by atoms with Crippen molar-refractivity contribution in [1.82, 2.24) is 24.4 Å². The molecule has 1 saturated heterocycles. The van der Waals surface area contributed by atoms with E-state index in [0.29, 0.717) is 38.5 Å². The Bertz CT molecular complexity index is 700. The van der Waals surface area contributed by atoms with Crippen molar-refractivity contribution in [2.45, 2.75) is 39.3 Å². The van der Waals surface area contributed by atoms with E-state index in [0.717, 1.165) is 17.9 Å². The zero-order valence-corrected chi connectivity index (χ0v) is 14.2. The van der Waals surface area contributed by atoms with Crippen molar-refractivity contribution in [1.29, 1.82) is 0 Å². The molecule has 7 nitrogen and oxygen atoms in total. The quantitative estimate of drug-likeness (QED) is 0.832. The molecule has 1 fully saturated rings. The topological polar surface area (TPSA) is 73.1 Å². The second-order valence-electron chi connectivity index (χ2n) is 5.87. The predicted octanol–water partition coefficient (Wildman–Crippen LogP) is 1.53. The maximum atomic E-state index is 12.5. The number of amides is 1. The Morgan fingerprint density at radius 1 is 1.38 bits per heavy atom. The molecule has 7 heteroatoms. The van der Waals surface area contributed by atoms with Crippen LogP contribution in [0.25, 0.3) is 0 Å². The Hall–Kier alpha value is -2.28. The summed E-state index contributed by atoms with van der Waals surface area (Å²) < 4.78 is 7.83. The lowest BCUT2D eigenvalue weighted by atomic mass is 10.2. The summed E-state index contributed by atoms with van der Waals surface area (Å²) in [5.74, 6) is 1.87. The van der Waals surface area contributed by atoms with Gasteiger partial charge in [0.1, 0.15) is 17.8 Å². The molecule has 1 aliphatic heterocycles. The third kappa shape index (κ3) is 3.79. The highest BCUT2D eigenvalue weighted by molar-refractivity contribution is 5.76. The molecule has 0 N–H and O–H groups in total. The number of morpholine rings is 1. The molecule has 0 saturated carbocycles. The van der Waals surface area contributed by atoms with Gasteiger partial charge >= 0.3 is 0 Å². The molecule has 0 bridgehead atoms. The molecule has 1 amide bonds. The summed E-state index contributed by atoms with van der Waals surface area (Å²) in [6.07, 6.45) is 6.60. The van der Waals surface area contributed by atoms with Crippen LogP contribution in [0.5, 0.6) is 0 Å². The van der Waals surface area contributed by atoms with E-state index in [1.165, 1.54) is 0 Å². The molecule has 0 aliphatic carbocycles. The lowest BCUT2D eigenvalue weighted by Crippen LogP contribution is -2.42. The molecule has 3 rings (SSSR count). The summed E-state index contributed by atoms with van der Waals surface area (Å²) in [6.45, 7) is 6.29. The van der Waals surface area contributed by atoms with Crippen molar-refractivity contribution in [2.75, 3.05) is 19.7 Å². The number of ether oxygens (including phenoxy) is 1. The minimum absolute atomic E-state index is 0.143. The first-order valence-corrected chi connectivity index (χ1v) is 8.36. The second kappa shape index (κ2) is 7.53. The van der Waals surface area contributed by atoms with E-state index in [1.54, 1.807) is 12.4 Å². The van der Waals surface area contributed by atoms with Crippen molar-refractivity contribution in [3.63, 3.8) is 0 Å². The van der Waals surface area contributed by atoms with Crippen LogP contribution in [0.15, 0.2) is 24.7 Å². The molecule has 1 atom stereocenters. The van der Waals surface area contributed by atoms with Crippen molar-refractivity contribution in [2.24, 2.45) is 0 Å². The van der Waals surface area contributed by atoms with Gasteiger partial charge < -0.3 is 14.2 Å². The SMILES string of the molecule is CCc1nccn1CCC(=O)N1CCO[C@H](c2ccnc(C)n2)C1. The van der Waals surface area contributed by atoms with Gasteiger partial charge in [0.2, 0.25) is 5.91 Å². The average Bonchev–Trinajstić information content (AvgIpc) is 3.07. The summed E-state index contributed by atoms with van der Waals surface area (Å²) in [7, 11) is 0. The molecule has 24 heavy (non-hydrogen) atoms. The normalized spacial score (nSPS) is 17.9. The number of aromatic nitrogens is 4. The van der Waals surface area contributed by atoms with E-state index in [4.69, 9.17) is 4.74 Å². The summed E-state index contributed by atoms with van der Waals surface area (Å²) in [4.78, 5) is 27.2. The first-order valence-electron chi connectivity index (χ1n) is 8.36. The summed E-state index contributed by atoms with van der Waals surface area (Å²) in [5, 5.41) is 0. The van der Waals surface area contributed by atoms with E-state index >= 15 is 0 Å². The Labute approximate surface area is 141 Å². The number of aryl methyl sites for hydroxylation is 3. The highest BCUT2D eigenvalue weighted by Crippen LogP contribution is 2.21. The Morgan fingerprint density at radius 3 is 3.04 bits per heavy atom. The van der Waals surface area contributed by atoms with Crippen molar-refractivity contribution in [3.05, 3.63) is 42.0 Å². The highest BCUT2D eigenvalue weighted by Gasteiger charge is 2.26. The van der Waals surface area contributed by atoms with Gasteiger partial charge in [-0.1, -0.05) is 6.92 Å². The van der Waals surface area contributed by atoms with Crippen LogP contribution in [0.2, 0.25) is 0 Å². The molecule has 0 spiro atoms. The first kappa shape index (κ1) is 16.6. The molecule has 1 aliphatic rings. The number of hydrogen-bond acceptors (Lipinski definition) is 5. The maximum Gasteiger partial charge on any atom is 0.224 e. The monoisotopic (exact) mass is 329 g/mol. The van der Waals surface area contributed by atoms with Crippen molar-refractivity contribution in [3.8, 4) is 0 Å². The minimum Gasteiger partial charge on any atom is -0.368 e. The number of carbonyl (C=O) groups is 1. The van der Waals surface area contributed by atoms with E-state index < -0.39 is 0 Å². The fourth-order valence-corrected chi connectivity index (χ4v) is 2.94. The van der Waals surface area contributed by atoms with Crippen LogP contribution in [-0.4, -0.2) is 50.0 Å². The van der Waals surface area contributed by atoms with Crippen molar-refractivity contribution < 1.29 is 9.53 Å². The van der Waals surface area contributed by atoms with Gasteiger partial charge in [-0.25, -0.2) is 15.0 Å². The van der Waals surface area contributed by atoms with Gasteiger partial charge in [-0.3, -0.25) is 4.79 Å². The Morgan fingerprint density at radius 2 is 2.25 bits per heavy atom. The third-order valence-corrected chi connectivity index (χ3v) is 4.23. The fourth-order valence-electron chi connectivity index (χ4n) is 2.94. The molecule has 3 heterocycles. The van der Waals surface area contributed by atoms with Gasteiger partial charge in [-0.2, -0.15) is 0 Å². The molecular weight excluding hydrogens is 306 g/mol. The van der Waals surface area contributed by atoms with Crippen LogP contribution in [-0.2, 0) is 22.5 Å². The molecule has 2 aromatic heterocycles. The lowest BCUT2D eigenvalue weighted by Gasteiger charge is -2.32. The molecule has 128 valence electrons. The summed E-state index contributed by atoms with van der Waals surface area (Å²) >= 11 is 0. The van der Waals surface area contributed by atoms with Gasteiger partial charge in [0.05, 0.1) is 18.8 Å². The van der Waals surface area contributed by atoms with Crippen molar-refractivity contribution >= 4 is 5.91 Å². The minimum atomic E-state index is -0.177. The van der Waals surface area contributed by atoms with Gasteiger partial charge in [0, 0.05) is 44.5 Å². The van der Waals surface area contributed by atoms with Crippen LogP contribution >= 0.6 is 0 Å². The fraction of sp³-hybridized carbons (Fsp3) is 0.529. The largest absolute Gasteiger partial charge is 0.368 e. The van der Waals surface area contributed by atoms with Crippen LogP contribution in [0, 0.1) is 6.92 Å². The summed E-state index contributed by atoms with van der Waals surface area (Å²) in [5.41, 5.74) is 0.836. The Kier molecular flexibility index (Phi) is 5.20. The van der Waals surface area contributed by atoms with E-state index in [1.807, 2.05) is 28.7 Å². The molecule has 2 aromatic rings. The zero-order valence-electron chi connectivity index (χ0n) is 14.2. The van der Waals surface area contributed by atoms with E-state index in [2.05, 4.69) is 21.9 Å². The van der Waals surface area contributed by atoms with Crippen LogP contribution in [0.1, 0.15) is 36.8 Å². The number of hydrogen-bond donors (Lipinski definition) is 0. The summed E-state index contributed by atoms with van der Waals surface area (Å²) in [6, 6.07) is 1.85. The molecule has 0 radical (unpaired) electrons. The van der Waals surface area contributed by atoms with Crippen LogP contribution in [0.4, 0.5) is 0 Å². The van der Waals surface area contributed by atoms with Crippen LogP contribution < -0.4 is 0 Å². The number of imidazole rings is 1. The molecule has 0 unspecified atom stereocenters. The average molecular weight is 329 g/mol. The van der Waals surface area contributed by atoms with Gasteiger partial charge in [0.15, 0.2) is 0 Å². The van der Waals surface area contributed by atoms with Gasteiger partial charge in [0.25, 0.3) is 0 Å². The molecular formula is C17H23N5O2. The standard InChI is InChI=1S/C17H23N5O2/c1-3-16-19-7-9-21(16)8-5-17(23)22-10-11-24-15(12-22)14-4-6-18-13(2)20-14/h4,6-7,9,15H,3,5,8,10-12H2,1-2H3/t15-/m0/s1. The first-order chi connectivity index (χ1) is 11.7. The Balaban J connectivity index is 1.59. The lowest BCUT2D eigenvalue weighted by molar-refractivity contribution is -0.139. The highest BCUT2D eigenvalue weighted by atomic mass is 16.5. The number of nitrogens with zero attached hydrogens (tertiary/aromatic N) is 5. The number of rotatable bonds is 5. The third-order valence-electron chi connectivity index (χ3n) is 4.23. The van der Waals surface area contributed by atoms with E-state index in [-0.39, 0.29) is 12.0 Å². The van der Waals surface area contributed by atoms with Crippen LogP contribution in [0.3, 0.4) is 0 Å². The van der Waals surface area contributed by atoms with Gasteiger partial charge in [-0.05, 0) is 13.0 Å². The smallest absolute Gasteiger partial charge is 0.224 e. The zero-order chi connectivity index (χ0) is 16.9. The van der Waals surface area contributed by atoms with E-state index in [9.17, 15) is 4.79 Å². The molecule has 0 aromatic carbocycles. The predicted molar refractivity (Wildman–Crippen MR) is 88.3 cm³/mol.